The molecule has 166 valence electrons. The molecule has 3 rings (SSSR count). The Balaban J connectivity index is 0.00000320. The van der Waals surface area contributed by atoms with E-state index >= 15 is 0 Å². The second-order valence-electron chi connectivity index (χ2n) is 7.73. The molecule has 0 bridgehead atoms. The van der Waals surface area contributed by atoms with Gasteiger partial charge in [0, 0.05) is 37.8 Å². The van der Waals surface area contributed by atoms with Crippen LogP contribution in [0, 0.1) is 18.3 Å². The molecule has 1 aromatic carbocycles. The molecule has 30 heavy (non-hydrogen) atoms. The highest BCUT2D eigenvalue weighted by Crippen LogP contribution is 2.32. The van der Waals surface area contributed by atoms with Gasteiger partial charge in [0.05, 0.1) is 39.0 Å². The maximum atomic E-state index is 5.90. The van der Waals surface area contributed by atoms with Crippen molar-refractivity contribution in [2.24, 2.45) is 10.9 Å². The minimum Gasteiger partial charge on any atom is -0.490 e. The topological polar surface area (TPSA) is 67.4 Å². The number of hydrogen-bond donors (Lipinski definition) is 2. The predicted molar refractivity (Wildman–Crippen MR) is 131 cm³/mol. The molecule has 0 radical (unpaired) electrons. The predicted octanol–water partition coefficient (Wildman–Crippen LogP) is 2.81. The standard InChI is InChI=1S/C22H32N4O3.HI/c1-4-8-23-22(24-14-19-16-26(9-12-27-19)15-17(2)3)25-18-6-7-20-21(13-18)29-11-5-10-28-20;/h1,6-7,13,17,19H,5,8-12,14-16H2,2-3H3,(H2,23,24,25);1H. The van der Waals surface area contributed by atoms with Crippen molar-refractivity contribution < 1.29 is 14.2 Å². The van der Waals surface area contributed by atoms with Crippen molar-refractivity contribution in [1.82, 2.24) is 10.2 Å². The molecule has 2 aliphatic rings. The van der Waals surface area contributed by atoms with E-state index in [0.717, 1.165) is 49.8 Å². The maximum absolute atomic E-state index is 5.90. The first-order valence-corrected chi connectivity index (χ1v) is 10.4. The number of anilines is 1. The summed E-state index contributed by atoms with van der Waals surface area (Å²) in [6, 6.07) is 5.78. The molecule has 2 N–H and O–H groups in total. The van der Waals surface area contributed by atoms with Crippen LogP contribution in [0.3, 0.4) is 0 Å². The molecule has 2 heterocycles. The van der Waals surface area contributed by atoms with Gasteiger partial charge in [0.2, 0.25) is 0 Å². The van der Waals surface area contributed by atoms with Crippen LogP contribution in [0.4, 0.5) is 5.69 Å². The summed E-state index contributed by atoms with van der Waals surface area (Å²) in [4.78, 5) is 7.14. The van der Waals surface area contributed by atoms with Gasteiger partial charge >= 0.3 is 0 Å². The largest absolute Gasteiger partial charge is 0.490 e. The molecule has 2 aliphatic heterocycles. The molecule has 1 fully saturated rings. The summed E-state index contributed by atoms with van der Waals surface area (Å²) in [6.07, 6.45) is 6.38. The van der Waals surface area contributed by atoms with E-state index < -0.39 is 0 Å². The number of benzene rings is 1. The summed E-state index contributed by atoms with van der Waals surface area (Å²) in [5.74, 6) is 5.37. The fourth-order valence-corrected chi connectivity index (χ4v) is 3.42. The van der Waals surface area contributed by atoms with Crippen LogP contribution in [0.5, 0.6) is 11.5 Å². The Hall–Kier alpha value is -1.70. The van der Waals surface area contributed by atoms with Gasteiger partial charge in [-0.3, -0.25) is 9.89 Å². The molecule has 1 saturated heterocycles. The van der Waals surface area contributed by atoms with Crippen LogP contribution in [0.25, 0.3) is 0 Å². The zero-order chi connectivity index (χ0) is 20.5. The normalized spacial score (nSPS) is 19.4. The van der Waals surface area contributed by atoms with E-state index in [1.807, 2.05) is 18.2 Å². The first-order valence-electron chi connectivity index (χ1n) is 10.4. The van der Waals surface area contributed by atoms with Crippen LogP contribution in [0.15, 0.2) is 23.2 Å². The van der Waals surface area contributed by atoms with Gasteiger partial charge in [0.1, 0.15) is 0 Å². The Morgan fingerprint density at radius 3 is 2.83 bits per heavy atom. The molecule has 0 spiro atoms. The van der Waals surface area contributed by atoms with Crippen LogP contribution >= 0.6 is 24.0 Å². The van der Waals surface area contributed by atoms with Crippen LogP contribution in [-0.2, 0) is 4.74 Å². The lowest BCUT2D eigenvalue weighted by Gasteiger charge is -2.33. The zero-order valence-electron chi connectivity index (χ0n) is 17.9. The van der Waals surface area contributed by atoms with E-state index in [2.05, 4.69) is 35.3 Å². The van der Waals surface area contributed by atoms with E-state index in [1.54, 1.807) is 0 Å². The number of terminal acetylenes is 1. The number of rotatable bonds is 6. The molecule has 1 aromatic rings. The number of hydrogen-bond acceptors (Lipinski definition) is 5. The molecule has 0 aliphatic carbocycles. The monoisotopic (exact) mass is 528 g/mol. The number of fused-ring (bicyclic) bond motifs is 1. The van der Waals surface area contributed by atoms with Crippen molar-refractivity contribution in [2.45, 2.75) is 26.4 Å². The molecular formula is C22H33IN4O3. The average Bonchev–Trinajstić information content (AvgIpc) is 2.95. The Kier molecular flexibility index (Phi) is 10.5. The van der Waals surface area contributed by atoms with Crippen molar-refractivity contribution in [3.05, 3.63) is 18.2 Å². The van der Waals surface area contributed by atoms with Gasteiger partial charge in [0.25, 0.3) is 0 Å². The summed E-state index contributed by atoms with van der Waals surface area (Å²) < 4.78 is 17.4. The second kappa shape index (κ2) is 12.9. The third-order valence-corrected chi connectivity index (χ3v) is 4.67. The van der Waals surface area contributed by atoms with Crippen molar-refractivity contribution >= 4 is 35.6 Å². The highest BCUT2D eigenvalue weighted by Gasteiger charge is 2.21. The van der Waals surface area contributed by atoms with Crippen LogP contribution in [0.2, 0.25) is 0 Å². The molecule has 0 aromatic heterocycles. The number of nitrogens with zero attached hydrogens (tertiary/aromatic N) is 2. The third kappa shape index (κ3) is 7.85. The van der Waals surface area contributed by atoms with Gasteiger partial charge in [-0.2, -0.15) is 0 Å². The lowest BCUT2D eigenvalue weighted by Crippen LogP contribution is -2.45. The van der Waals surface area contributed by atoms with Crippen molar-refractivity contribution in [3.8, 4) is 23.8 Å². The van der Waals surface area contributed by atoms with Gasteiger partial charge in [-0.15, -0.1) is 30.4 Å². The Bertz CT molecular complexity index is 736. The Labute approximate surface area is 196 Å². The molecule has 1 atom stereocenters. The fourth-order valence-electron chi connectivity index (χ4n) is 3.42. The van der Waals surface area contributed by atoms with Crippen molar-refractivity contribution in [3.63, 3.8) is 0 Å². The van der Waals surface area contributed by atoms with Gasteiger partial charge in [0.15, 0.2) is 17.5 Å². The number of aliphatic imine (C=N–C) groups is 1. The fraction of sp³-hybridized carbons (Fsp3) is 0.591. The third-order valence-electron chi connectivity index (χ3n) is 4.67. The highest BCUT2D eigenvalue weighted by molar-refractivity contribution is 14.0. The number of ether oxygens (including phenoxy) is 3. The van der Waals surface area contributed by atoms with Crippen LogP contribution in [-0.4, -0.2) is 69.5 Å². The lowest BCUT2D eigenvalue weighted by molar-refractivity contribution is -0.0261. The SMILES string of the molecule is C#CCNC(=NCC1CN(CC(C)C)CCO1)Nc1ccc2c(c1)OCCCO2.I. The summed E-state index contributed by atoms with van der Waals surface area (Å²) in [5.41, 5.74) is 0.864. The first-order chi connectivity index (χ1) is 14.1. The van der Waals surface area contributed by atoms with Gasteiger partial charge in [-0.1, -0.05) is 19.8 Å². The maximum Gasteiger partial charge on any atom is 0.196 e. The second-order valence-corrected chi connectivity index (χ2v) is 7.73. The highest BCUT2D eigenvalue weighted by atomic mass is 127. The van der Waals surface area contributed by atoms with Gasteiger partial charge in [-0.25, -0.2) is 0 Å². The van der Waals surface area contributed by atoms with Crippen LogP contribution in [0.1, 0.15) is 20.3 Å². The Morgan fingerprint density at radius 2 is 2.07 bits per heavy atom. The van der Waals surface area contributed by atoms with Gasteiger partial charge < -0.3 is 24.8 Å². The summed E-state index contributed by atoms with van der Waals surface area (Å²) >= 11 is 0. The molecule has 7 nitrogen and oxygen atoms in total. The summed E-state index contributed by atoms with van der Waals surface area (Å²) in [6.45, 7) is 10.5. The number of nitrogens with one attached hydrogen (secondary N) is 2. The molecular weight excluding hydrogens is 495 g/mol. The smallest absolute Gasteiger partial charge is 0.196 e. The minimum absolute atomic E-state index is 0. The Morgan fingerprint density at radius 1 is 1.27 bits per heavy atom. The van der Waals surface area contributed by atoms with E-state index in [4.69, 9.17) is 25.6 Å². The van der Waals surface area contributed by atoms with Crippen molar-refractivity contribution in [2.75, 3.05) is 57.9 Å². The first kappa shape index (κ1) is 24.6. The molecule has 8 heteroatoms. The minimum atomic E-state index is 0. The quantitative estimate of drug-likeness (QED) is 0.256. The van der Waals surface area contributed by atoms with Crippen LogP contribution < -0.4 is 20.1 Å². The van der Waals surface area contributed by atoms with Gasteiger partial charge in [-0.05, 0) is 18.1 Å². The van der Waals surface area contributed by atoms with E-state index in [-0.39, 0.29) is 30.1 Å². The average molecular weight is 528 g/mol. The molecule has 0 amide bonds. The number of halogens is 1. The number of morpholine rings is 1. The van der Waals surface area contributed by atoms with E-state index in [9.17, 15) is 0 Å². The summed E-state index contributed by atoms with van der Waals surface area (Å²) in [7, 11) is 0. The summed E-state index contributed by atoms with van der Waals surface area (Å²) in [5, 5.41) is 6.46. The molecule has 0 saturated carbocycles. The van der Waals surface area contributed by atoms with E-state index in [1.165, 1.54) is 0 Å². The zero-order valence-corrected chi connectivity index (χ0v) is 20.2. The molecule has 1 unspecified atom stereocenters. The number of guanidine groups is 1. The lowest BCUT2D eigenvalue weighted by atomic mass is 10.2. The van der Waals surface area contributed by atoms with E-state index in [0.29, 0.717) is 38.2 Å². The van der Waals surface area contributed by atoms with Crippen molar-refractivity contribution in [1.29, 1.82) is 0 Å².